The van der Waals surface area contributed by atoms with Crippen LogP contribution < -0.4 is 0 Å². The Morgan fingerprint density at radius 2 is 1.41 bits per heavy atom. The molecule has 1 atom stereocenters. The van der Waals surface area contributed by atoms with Gasteiger partial charge in [-0.2, -0.15) is 0 Å². The van der Waals surface area contributed by atoms with E-state index in [1.165, 1.54) is 12.1 Å². The second kappa shape index (κ2) is 11.7. The Morgan fingerprint density at radius 3 is 2.12 bits per heavy atom. The van der Waals surface area contributed by atoms with Crippen molar-refractivity contribution < 1.29 is 14.0 Å². The molecule has 2 amide bonds. The van der Waals surface area contributed by atoms with Crippen LogP contribution in [-0.2, 0) is 0 Å². The first-order valence-corrected chi connectivity index (χ1v) is 13.8. The lowest BCUT2D eigenvalue weighted by Gasteiger charge is -2.47. The summed E-state index contributed by atoms with van der Waals surface area (Å²) in [4.78, 5) is 37.5. The molecule has 6 nitrogen and oxygen atoms in total. The van der Waals surface area contributed by atoms with Crippen molar-refractivity contribution in [3.8, 4) is 23.1 Å². The van der Waals surface area contributed by atoms with Gasteiger partial charge in [-0.3, -0.25) is 19.5 Å². The lowest BCUT2D eigenvalue weighted by atomic mass is 10.0. The third kappa shape index (κ3) is 5.88. The fourth-order valence-electron chi connectivity index (χ4n) is 5.48. The number of hydrogen-bond acceptors (Lipinski definition) is 4. The number of fused-ring (bicyclic) bond motifs is 1. The van der Waals surface area contributed by atoms with E-state index in [-0.39, 0.29) is 23.7 Å². The van der Waals surface area contributed by atoms with Crippen molar-refractivity contribution in [2.24, 2.45) is 0 Å². The number of amides is 2. The zero-order valence-corrected chi connectivity index (χ0v) is 22.5. The number of halogens is 1. The SMILES string of the molecule is O=C(c1ccc(C#Cc2ccccc2)cc1)N1CCN2CCN(C(=O)c3cccnc3-c3cccc(F)c3)CC2C1. The van der Waals surface area contributed by atoms with Gasteiger partial charge in [0.2, 0.25) is 0 Å². The summed E-state index contributed by atoms with van der Waals surface area (Å²) in [5.74, 6) is 5.77. The molecule has 0 aliphatic carbocycles. The van der Waals surface area contributed by atoms with Gasteiger partial charge < -0.3 is 9.80 Å². The molecule has 6 rings (SSSR count). The van der Waals surface area contributed by atoms with Crippen LogP contribution in [0.5, 0.6) is 0 Å². The molecule has 204 valence electrons. The van der Waals surface area contributed by atoms with Gasteiger partial charge in [-0.05, 0) is 60.7 Å². The van der Waals surface area contributed by atoms with E-state index in [0.717, 1.165) is 24.2 Å². The van der Waals surface area contributed by atoms with E-state index in [2.05, 4.69) is 21.7 Å². The molecule has 3 aromatic carbocycles. The number of aromatic nitrogens is 1. The average molecular weight is 545 g/mol. The summed E-state index contributed by atoms with van der Waals surface area (Å²) in [6.45, 7) is 3.79. The van der Waals surface area contributed by atoms with Crippen LogP contribution in [0.4, 0.5) is 4.39 Å². The summed E-state index contributed by atoms with van der Waals surface area (Å²) >= 11 is 0. The fourth-order valence-corrected chi connectivity index (χ4v) is 5.48. The summed E-state index contributed by atoms with van der Waals surface area (Å²) in [6.07, 6.45) is 1.61. The van der Waals surface area contributed by atoms with Crippen LogP contribution in [0.25, 0.3) is 11.3 Å². The van der Waals surface area contributed by atoms with Gasteiger partial charge in [0.05, 0.1) is 11.3 Å². The van der Waals surface area contributed by atoms with Gasteiger partial charge in [-0.25, -0.2) is 4.39 Å². The van der Waals surface area contributed by atoms with Gasteiger partial charge in [0.1, 0.15) is 5.82 Å². The van der Waals surface area contributed by atoms with Gasteiger partial charge >= 0.3 is 0 Å². The Bertz CT molecular complexity index is 1630. The molecule has 0 saturated carbocycles. The van der Waals surface area contributed by atoms with Crippen molar-refractivity contribution in [3.63, 3.8) is 0 Å². The lowest BCUT2D eigenvalue weighted by molar-refractivity contribution is 0.0131. The number of piperazine rings is 2. The normalized spacial score (nSPS) is 16.9. The molecule has 1 aromatic heterocycles. The maximum Gasteiger partial charge on any atom is 0.256 e. The van der Waals surface area contributed by atoms with Crippen molar-refractivity contribution in [2.45, 2.75) is 6.04 Å². The minimum Gasteiger partial charge on any atom is -0.336 e. The van der Waals surface area contributed by atoms with Crippen molar-refractivity contribution in [3.05, 3.63) is 125 Å². The predicted molar refractivity (Wildman–Crippen MR) is 156 cm³/mol. The Morgan fingerprint density at radius 1 is 0.732 bits per heavy atom. The van der Waals surface area contributed by atoms with Crippen molar-refractivity contribution >= 4 is 11.8 Å². The van der Waals surface area contributed by atoms with E-state index in [0.29, 0.717) is 48.6 Å². The molecule has 2 aliphatic heterocycles. The van der Waals surface area contributed by atoms with Crippen LogP contribution in [0.2, 0.25) is 0 Å². The first-order chi connectivity index (χ1) is 20.0. The molecule has 2 aliphatic rings. The van der Waals surface area contributed by atoms with Crippen LogP contribution >= 0.6 is 0 Å². The van der Waals surface area contributed by atoms with E-state index < -0.39 is 0 Å². The third-order valence-corrected chi connectivity index (χ3v) is 7.66. The molecule has 7 heteroatoms. The molecular weight excluding hydrogens is 515 g/mol. The zero-order chi connectivity index (χ0) is 28.2. The number of carbonyl (C=O) groups excluding carboxylic acids is 2. The molecule has 0 radical (unpaired) electrons. The Balaban J connectivity index is 1.13. The molecular formula is C34H29FN4O2. The molecule has 1 unspecified atom stereocenters. The molecule has 2 fully saturated rings. The van der Waals surface area contributed by atoms with Crippen LogP contribution in [0.1, 0.15) is 31.8 Å². The second-order valence-corrected chi connectivity index (χ2v) is 10.3. The van der Waals surface area contributed by atoms with Gasteiger partial charge in [0.25, 0.3) is 11.8 Å². The highest BCUT2D eigenvalue weighted by Gasteiger charge is 2.36. The summed E-state index contributed by atoms with van der Waals surface area (Å²) in [5.41, 5.74) is 3.91. The van der Waals surface area contributed by atoms with Crippen LogP contribution in [0.3, 0.4) is 0 Å². The van der Waals surface area contributed by atoms with Crippen LogP contribution in [0.15, 0.2) is 97.2 Å². The zero-order valence-electron chi connectivity index (χ0n) is 22.5. The number of nitrogens with zero attached hydrogens (tertiary/aromatic N) is 4. The molecule has 41 heavy (non-hydrogen) atoms. The first-order valence-electron chi connectivity index (χ1n) is 13.8. The molecule has 4 aromatic rings. The van der Waals surface area contributed by atoms with E-state index in [1.54, 1.807) is 30.5 Å². The van der Waals surface area contributed by atoms with Gasteiger partial charge in [-0.15, -0.1) is 0 Å². The van der Waals surface area contributed by atoms with E-state index in [9.17, 15) is 14.0 Å². The summed E-state index contributed by atoms with van der Waals surface area (Å²) in [6, 6.07) is 26.9. The summed E-state index contributed by atoms with van der Waals surface area (Å²) in [5, 5.41) is 0. The van der Waals surface area contributed by atoms with Crippen LogP contribution in [0, 0.1) is 17.7 Å². The highest BCUT2D eigenvalue weighted by molar-refractivity contribution is 6.00. The first kappa shape index (κ1) is 26.4. The number of benzene rings is 3. The number of hydrogen-bond donors (Lipinski definition) is 0. The number of carbonyl (C=O) groups is 2. The molecule has 3 heterocycles. The van der Waals surface area contributed by atoms with E-state index in [1.807, 2.05) is 64.4 Å². The quantitative estimate of drug-likeness (QED) is 0.355. The predicted octanol–water partition coefficient (Wildman–Crippen LogP) is 4.57. The fraction of sp³-hybridized carbons (Fsp3) is 0.206. The van der Waals surface area contributed by atoms with Gasteiger partial charge in [0.15, 0.2) is 0 Å². The maximum absolute atomic E-state index is 13.9. The van der Waals surface area contributed by atoms with Crippen molar-refractivity contribution in [1.82, 2.24) is 19.7 Å². The molecule has 2 saturated heterocycles. The summed E-state index contributed by atoms with van der Waals surface area (Å²) in [7, 11) is 0. The van der Waals surface area contributed by atoms with Crippen molar-refractivity contribution in [2.75, 3.05) is 39.3 Å². The minimum absolute atomic E-state index is 0.0173. The summed E-state index contributed by atoms with van der Waals surface area (Å²) < 4.78 is 13.9. The van der Waals surface area contributed by atoms with Gasteiger partial charge in [0, 0.05) is 73.8 Å². The average Bonchev–Trinajstić information content (AvgIpc) is 3.03. The Kier molecular flexibility index (Phi) is 7.57. The standard InChI is InChI=1S/C34H29FN4O2/c35-29-9-4-8-28(22-29)32-31(10-5-17-36-32)34(41)39-21-19-37-18-20-38(23-30(37)24-39)33(40)27-15-13-26(14-16-27)12-11-25-6-2-1-3-7-25/h1-10,13-17,22,30H,18-21,23-24H2. The highest BCUT2D eigenvalue weighted by atomic mass is 19.1. The van der Waals surface area contributed by atoms with Gasteiger partial charge in [-0.1, -0.05) is 42.2 Å². The van der Waals surface area contributed by atoms with Crippen LogP contribution in [-0.4, -0.2) is 76.8 Å². The minimum atomic E-state index is -0.373. The van der Waals surface area contributed by atoms with Crippen molar-refractivity contribution in [1.29, 1.82) is 0 Å². The molecule has 0 spiro atoms. The van der Waals surface area contributed by atoms with E-state index in [4.69, 9.17) is 0 Å². The topological polar surface area (TPSA) is 56.8 Å². The third-order valence-electron chi connectivity index (χ3n) is 7.66. The number of pyridine rings is 1. The molecule has 0 bridgehead atoms. The lowest BCUT2D eigenvalue weighted by Crippen LogP contribution is -2.63. The largest absolute Gasteiger partial charge is 0.336 e. The Labute approximate surface area is 239 Å². The highest BCUT2D eigenvalue weighted by Crippen LogP contribution is 2.25. The number of rotatable bonds is 3. The second-order valence-electron chi connectivity index (χ2n) is 10.3. The molecule has 0 N–H and O–H groups in total. The van der Waals surface area contributed by atoms with E-state index >= 15 is 0 Å². The Hall–Kier alpha value is -4.80. The monoisotopic (exact) mass is 544 g/mol. The smallest absolute Gasteiger partial charge is 0.256 e. The maximum atomic E-state index is 13.9.